The number of aryl methyl sites for hydroxylation is 1. The summed E-state index contributed by atoms with van der Waals surface area (Å²) in [5.41, 5.74) is 3.56. The first-order chi connectivity index (χ1) is 16.7. The minimum atomic E-state index is -0.446. The number of nitrogens with one attached hydrogen (secondary N) is 1. The molecule has 1 amide bonds. The van der Waals surface area contributed by atoms with Crippen LogP contribution in [0, 0.1) is 0 Å². The van der Waals surface area contributed by atoms with E-state index in [0.29, 0.717) is 6.42 Å². The maximum Gasteiger partial charge on any atom is 0.407 e. The van der Waals surface area contributed by atoms with E-state index in [4.69, 9.17) is 9.47 Å². The smallest absolute Gasteiger partial charge is 0.407 e. The Kier molecular flexibility index (Phi) is 9.06. The number of ether oxygens (including phenoxy) is 2. The standard InChI is InChI=1S/C28H35N3O4/c1-21(30-27(33)34-20-22-10-6-5-7-11-22)23-13-15-24(16-14-23)25-18-29-31(19-25)17-9-8-12-26(32)35-28(2,3)4/h5-7,10-11,13-16,18-19,21H,8-9,12,17,20H2,1-4H3,(H,30,33)/t21-/m1/s1. The van der Waals surface area contributed by atoms with Crippen molar-refractivity contribution in [3.05, 3.63) is 78.1 Å². The number of carbonyl (C=O) groups is 2. The third-order valence-electron chi connectivity index (χ3n) is 5.36. The molecule has 0 saturated heterocycles. The Morgan fingerprint density at radius 1 is 1.00 bits per heavy atom. The molecule has 7 heteroatoms. The molecular weight excluding hydrogens is 442 g/mol. The summed E-state index contributed by atoms with van der Waals surface area (Å²) in [7, 11) is 0. The molecule has 0 radical (unpaired) electrons. The van der Waals surface area contributed by atoms with Crippen molar-refractivity contribution in [3.8, 4) is 11.1 Å². The Morgan fingerprint density at radius 3 is 2.40 bits per heavy atom. The van der Waals surface area contributed by atoms with Gasteiger partial charge in [-0.15, -0.1) is 0 Å². The summed E-state index contributed by atoms with van der Waals surface area (Å²) >= 11 is 0. The average Bonchev–Trinajstić information content (AvgIpc) is 3.29. The van der Waals surface area contributed by atoms with Crippen molar-refractivity contribution in [2.75, 3.05) is 0 Å². The van der Waals surface area contributed by atoms with Crippen LogP contribution in [-0.2, 0) is 27.4 Å². The number of nitrogens with zero attached hydrogens (tertiary/aromatic N) is 2. The first kappa shape index (κ1) is 26.0. The number of amides is 1. The number of benzene rings is 2. The number of hydrogen-bond acceptors (Lipinski definition) is 5. The van der Waals surface area contributed by atoms with Gasteiger partial charge in [-0.05, 0) is 57.2 Å². The second-order valence-corrected chi connectivity index (χ2v) is 9.59. The van der Waals surface area contributed by atoms with E-state index in [1.54, 1.807) is 0 Å². The van der Waals surface area contributed by atoms with E-state index in [0.717, 1.165) is 41.6 Å². The number of esters is 1. The highest BCUT2D eigenvalue weighted by Gasteiger charge is 2.15. The van der Waals surface area contributed by atoms with Gasteiger partial charge < -0.3 is 14.8 Å². The second kappa shape index (κ2) is 12.2. The minimum Gasteiger partial charge on any atom is -0.460 e. The summed E-state index contributed by atoms with van der Waals surface area (Å²) in [5, 5.41) is 7.31. The number of rotatable bonds is 10. The number of carbonyl (C=O) groups excluding carboxylic acids is 2. The van der Waals surface area contributed by atoms with Crippen LogP contribution in [0.3, 0.4) is 0 Å². The summed E-state index contributed by atoms with van der Waals surface area (Å²) in [6, 6.07) is 17.4. The second-order valence-electron chi connectivity index (χ2n) is 9.59. The van der Waals surface area contributed by atoms with Crippen LogP contribution in [0.4, 0.5) is 4.79 Å². The molecular formula is C28H35N3O4. The molecule has 35 heavy (non-hydrogen) atoms. The van der Waals surface area contributed by atoms with Crippen LogP contribution in [0.1, 0.15) is 64.1 Å². The normalized spacial score (nSPS) is 12.1. The van der Waals surface area contributed by atoms with Gasteiger partial charge in [-0.3, -0.25) is 9.48 Å². The highest BCUT2D eigenvalue weighted by Crippen LogP contribution is 2.22. The van der Waals surface area contributed by atoms with E-state index in [1.165, 1.54) is 0 Å². The molecule has 7 nitrogen and oxygen atoms in total. The molecule has 1 N–H and O–H groups in total. The predicted octanol–water partition coefficient (Wildman–Crippen LogP) is 6.05. The van der Waals surface area contributed by atoms with E-state index >= 15 is 0 Å². The van der Waals surface area contributed by atoms with E-state index in [9.17, 15) is 9.59 Å². The lowest BCUT2D eigenvalue weighted by Gasteiger charge is -2.19. The topological polar surface area (TPSA) is 82.5 Å². The Bertz CT molecular complexity index is 1090. The summed E-state index contributed by atoms with van der Waals surface area (Å²) in [4.78, 5) is 23.9. The number of aromatic nitrogens is 2. The Morgan fingerprint density at radius 2 is 1.71 bits per heavy atom. The predicted molar refractivity (Wildman–Crippen MR) is 136 cm³/mol. The Balaban J connectivity index is 1.43. The molecule has 2 aromatic carbocycles. The lowest BCUT2D eigenvalue weighted by atomic mass is 10.0. The first-order valence-electron chi connectivity index (χ1n) is 12.0. The zero-order valence-electron chi connectivity index (χ0n) is 21.0. The fourth-order valence-corrected chi connectivity index (χ4v) is 3.56. The maximum absolute atomic E-state index is 12.1. The molecule has 0 spiro atoms. The number of hydrogen-bond donors (Lipinski definition) is 1. The van der Waals surface area contributed by atoms with Crippen molar-refractivity contribution in [1.82, 2.24) is 15.1 Å². The number of alkyl carbamates (subject to hydrolysis) is 1. The Labute approximate surface area is 207 Å². The van der Waals surface area contributed by atoms with Crippen LogP contribution in [0.15, 0.2) is 67.0 Å². The van der Waals surface area contributed by atoms with Crippen LogP contribution in [-0.4, -0.2) is 27.4 Å². The van der Waals surface area contributed by atoms with Gasteiger partial charge in [-0.2, -0.15) is 5.10 Å². The lowest BCUT2D eigenvalue weighted by Crippen LogP contribution is -2.27. The molecule has 1 aromatic heterocycles. The molecule has 186 valence electrons. The summed E-state index contributed by atoms with van der Waals surface area (Å²) in [6.45, 7) is 8.54. The molecule has 3 aromatic rings. The van der Waals surface area contributed by atoms with E-state index in [2.05, 4.69) is 10.4 Å². The average molecular weight is 478 g/mol. The van der Waals surface area contributed by atoms with Gasteiger partial charge in [0.05, 0.1) is 12.2 Å². The minimum absolute atomic E-state index is 0.160. The van der Waals surface area contributed by atoms with E-state index < -0.39 is 11.7 Å². The molecule has 0 aliphatic heterocycles. The zero-order valence-corrected chi connectivity index (χ0v) is 21.0. The van der Waals surface area contributed by atoms with E-state index in [-0.39, 0.29) is 18.6 Å². The molecule has 1 atom stereocenters. The summed E-state index contributed by atoms with van der Waals surface area (Å²) in [5.74, 6) is -0.160. The maximum atomic E-state index is 12.1. The van der Waals surface area contributed by atoms with Gasteiger partial charge in [0.15, 0.2) is 0 Å². The van der Waals surface area contributed by atoms with Gasteiger partial charge in [0.25, 0.3) is 0 Å². The third kappa shape index (κ3) is 8.92. The monoisotopic (exact) mass is 477 g/mol. The largest absolute Gasteiger partial charge is 0.460 e. The van der Waals surface area contributed by atoms with Crippen molar-refractivity contribution in [2.45, 2.75) is 71.8 Å². The molecule has 0 unspecified atom stereocenters. The summed E-state index contributed by atoms with van der Waals surface area (Å²) in [6.07, 6.45) is 5.42. The van der Waals surface area contributed by atoms with Gasteiger partial charge in [0.1, 0.15) is 12.2 Å². The SMILES string of the molecule is C[C@@H](NC(=O)OCc1ccccc1)c1ccc(-c2cnn(CCCCC(=O)OC(C)(C)C)c2)cc1. The molecule has 0 bridgehead atoms. The molecule has 3 rings (SSSR count). The highest BCUT2D eigenvalue weighted by atomic mass is 16.6. The van der Waals surface area contributed by atoms with Gasteiger partial charge in [0, 0.05) is 24.7 Å². The zero-order chi connectivity index (χ0) is 25.3. The van der Waals surface area contributed by atoms with Gasteiger partial charge in [-0.25, -0.2) is 4.79 Å². The third-order valence-corrected chi connectivity index (χ3v) is 5.36. The van der Waals surface area contributed by atoms with Crippen molar-refractivity contribution < 1.29 is 19.1 Å². The van der Waals surface area contributed by atoms with E-state index in [1.807, 2.05) is 99.4 Å². The fraction of sp³-hybridized carbons (Fsp3) is 0.393. The lowest BCUT2D eigenvalue weighted by molar-refractivity contribution is -0.154. The Hall–Kier alpha value is -3.61. The van der Waals surface area contributed by atoms with Crippen molar-refractivity contribution in [2.24, 2.45) is 0 Å². The molecule has 1 heterocycles. The van der Waals surface area contributed by atoms with Crippen LogP contribution in [0.25, 0.3) is 11.1 Å². The fourth-order valence-electron chi connectivity index (χ4n) is 3.56. The van der Waals surface area contributed by atoms with Gasteiger partial charge in [-0.1, -0.05) is 54.6 Å². The first-order valence-corrected chi connectivity index (χ1v) is 12.0. The van der Waals surface area contributed by atoms with Gasteiger partial charge in [0.2, 0.25) is 0 Å². The quantitative estimate of drug-likeness (QED) is 0.284. The van der Waals surface area contributed by atoms with Crippen molar-refractivity contribution in [1.29, 1.82) is 0 Å². The molecule has 0 saturated carbocycles. The summed E-state index contributed by atoms with van der Waals surface area (Å²) < 4.78 is 12.5. The number of unbranched alkanes of at least 4 members (excludes halogenated alkanes) is 1. The molecule has 0 fully saturated rings. The molecule has 0 aliphatic carbocycles. The van der Waals surface area contributed by atoms with Crippen LogP contribution >= 0.6 is 0 Å². The van der Waals surface area contributed by atoms with Crippen molar-refractivity contribution in [3.63, 3.8) is 0 Å². The van der Waals surface area contributed by atoms with Crippen LogP contribution in [0.5, 0.6) is 0 Å². The van der Waals surface area contributed by atoms with Crippen molar-refractivity contribution >= 4 is 12.1 Å². The highest BCUT2D eigenvalue weighted by molar-refractivity contribution is 5.69. The van der Waals surface area contributed by atoms with Gasteiger partial charge >= 0.3 is 12.1 Å². The molecule has 0 aliphatic rings. The van der Waals surface area contributed by atoms with Crippen LogP contribution < -0.4 is 5.32 Å². The van der Waals surface area contributed by atoms with Crippen LogP contribution in [0.2, 0.25) is 0 Å².